The van der Waals surface area contributed by atoms with Crippen molar-refractivity contribution in [2.45, 2.75) is 46.5 Å². The van der Waals surface area contributed by atoms with Crippen molar-refractivity contribution < 1.29 is 4.74 Å². The Balaban J connectivity index is 2.85. The molecule has 0 atom stereocenters. The maximum Gasteiger partial charge on any atom is 0.122 e. The first-order valence-corrected chi connectivity index (χ1v) is 6.68. The fourth-order valence-electron chi connectivity index (χ4n) is 2.05. The van der Waals surface area contributed by atoms with Gasteiger partial charge < -0.3 is 4.74 Å². The minimum Gasteiger partial charge on any atom is -0.496 e. The van der Waals surface area contributed by atoms with Crippen LogP contribution in [0.15, 0.2) is 18.2 Å². The molecule has 0 spiro atoms. The van der Waals surface area contributed by atoms with Gasteiger partial charge in [-0.05, 0) is 42.4 Å². The summed E-state index contributed by atoms with van der Waals surface area (Å²) in [7, 11) is 1.76. The third-order valence-electron chi connectivity index (χ3n) is 2.92. The van der Waals surface area contributed by atoms with Crippen molar-refractivity contribution in [1.29, 1.82) is 0 Å². The van der Waals surface area contributed by atoms with Gasteiger partial charge in [-0.2, -0.15) is 0 Å². The lowest BCUT2D eigenvalue weighted by atomic mass is 9.94. The Hall–Kier alpha value is -0.980. The minimum atomic E-state index is 0.657. The van der Waals surface area contributed by atoms with Crippen LogP contribution in [0.1, 0.15) is 51.2 Å². The molecule has 95 valence electrons. The molecule has 0 N–H and O–H groups in total. The lowest BCUT2D eigenvalue weighted by Crippen LogP contribution is -2.02. The smallest absolute Gasteiger partial charge is 0.122 e. The first-order valence-electron chi connectivity index (χ1n) is 6.68. The van der Waals surface area contributed by atoms with Gasteiger partial charge in [-0.25, -0.2) is 0 Å². The highest BCUT2D eigenvalue weighted by Gasteiger charge is 2.10. The average Bonchev–Trinajstić information content (AvgIpc) is 2.30. The second-order valence-corrected chi connectivity index (χ2v) is 4.97. The lowest BCUT2D eigenvalue weighted by Gasteiger charge is -2.15. The summed E-state index contributed by atoms with van der Waals surface area (Å²) < 4.78 is 5.47. The van der Waals surface area contributed by atoms with Crippen LogP contribution in [-0.2, 0) is 6.42 Å². The van der Waals surface area contributed by atoms with E-state index in [-0.39, 0.29) is 0 Å². The van der Waals surface area contributed by atoms with Gasteiger partial charge in [0.25, 0.3) is 0 Å². The summed E-state index contributed by atoms with van der Waals surface area (Å²) in [5.41, 5.74) is 2.72. The van der Waals surface area contributed by atoms with Crippen LogP contribution in [-0.4, -0.2) is 7.11 Å². The molecule has 0 aliphatic heterocycles. The summed E-state index contributed by atoms with van der Waals surface area (Å²) in [6.45, 7) is 6.74. The monoisotopic (exact) mass is 233 g/mol. The van der Waals surface area contributed by atoms with Crippen LogP contribution in [0.4, 0.5) is 0 Å². The third-order valence-corrected chi connectivity index (χ3v) is 2.92. The summed E-state index contributed by atoms with van der Waals surface area (Å²) in [5, 5.41) is 0. The average molecular weight is 233 g/mol. The number of methoxy groups -OCH3 is 1. The van der Waals surface area contributed by atoms with Crippen molar-refractivity contribution in [3.63, 3.8) is 0 Å². The molecule has 0 saturated heterocycles. The molecule has 0 aliphatic carbocycles. The lowest BCUT2D eigenvalue weighted by molar-refractivity contribution is 0.406. The molecule has 0 unspecified atom stereocenters. The van der Waals surface area contributed by atoms with Crippen molar-refractivity contribution in [2.24, 2.45) is 5.92 Å². The van der Waals surface area contributed by atoms with E-state index in [1.54, 1.807) is 7.11 Å². The third kappa shape index (κ3) is 4.41. The zero-order valence-corrected chi connectivity index (χ0v) is 11.6. The van der Waals surface area contributed by atoms with Crippen LogP contribution in [0.25, 0.3) is 0 Å². The Morgan fingerprint density at radius 1 is 1.29 bits per heavy atom. The van der Waals surface area contributed by atoms with Crippen molar-refractivity contribution in [3.8, 4) is 5.75 Å². The molecule has 17 heavy (non-hydrogen) atoms. The van der Waals surface area contributed by atoms with Gasteiger partial charge in [0.1, 0.15) is 5.75 Å². The highest BCUT2D eigenvalue weighted by molar-refractivity contribution is 5.44. The first-order chi connectivity index (χ1) is 8.19. The minimum absolute atomic E-state index is 0.657. The molecule has 0 fully saturated rings. The summed E-state index contributed by atoms with van der Waals surface area (Å²) in [6, 6.07) is 6.35. The van der Waals surface area contributed by atoms with Crippen molar-refractivity contribution in [1.82, 2.24) is 0 Å². The van der Waals surface area contributed by atoms with Gasteiger partial charge in [0.2, 0.25) is 0 Å². The Bertz CT molecular complexity index is 328. The van der Waals surface area contributed by atoms with Crippen LogP contribution >= 0.6 is 0 Å². The van der Waals surface area contributed by atoms with Crippen molar-refractivity contribution in [2.75, 3.05) is 7.11 Å². The van der Waals surface area contributed by atoms with Crippen LogP contribution in [0.3, 0.4) is 0 Å². The normalized spacial score (nSPS) is 10.9. The van der Waals surface area contributed by atoms with E-state index in [0.29, 0.717) is 5.92 Å². The molecule has 0 amide bonds. The molecule has 0 aromatic heterocycles. The van der Waals surface area contributed by atoms with Crippen LogP contribution in [0.2, 0.25) is 0 Å². The second kappa shape index (κ2) is 7.37. The van der Waals surface area contributed by atoms with Crippen LogP contribution < -0.4 is 4.74 Å². The maximum atomic E-state index is 5.47. The molecule has 1 rings (SSSR count). The van der Waals surface area contributed by atoms with Gasteiger partial charge in [-0.3, -0.25) is 0 Å². The van der Waals surface area contributed by atoms with E-state index in [4.69, 9.17) is 4.74 Å². The second-order valence-electron chi connectivity index (χ2n) is 4.97. The zero-order chi connectivity index (χ0) is 12.7. The van der Waals surface area contributed by atoms with Gasteiger partial charge in [0.15, 0.2) is 0 Å². The molecule has 0 aliphatic rings. The molecule has 0 bridgehead atoms. The fraction of sp³-hybridized carbons (Fsp3) is 0.562. The van der Waals surface area contributed by atoms with Crippen molar-refractivity contribution in [3.05, 3.63) is 35.7 Å². The predicted molar refractivity (Wildman–Crippen MR) is 74.5 cm³/mol. The number of ether oxygens (including phenoxy) is 1. The van der Waals surface area contributed by atoms with E-state index in [9.17, 15) is 0 Å². The molecule has 1 aromatic rings. The number of hydrogen-bond acceptors (Lipinski definition) is 1. The van der Waals surface area contributed by atoms with Crippen molar-refractivity contribution >= 4 is 0 Å². The Morgan fingerprint density at radius 2 is 2.06 bits per heavy atom. The summed E-state index contributed by atoms with van der Waals surface area (Å²) in [4.78, 5) is 0. The van der Waals surface area contributed by atoms with Gasteiger partial charge in [-0.1, -0.05) is 45.7 Å². The van der Waals surface area contributed by atoms with E-state index < -0.39 is 0 Å². The molecular weight excluding hydrogens is 208 g/mol. The summed E-state index contributed by atoms with van der Waals surface area (Å²) >= 11 is 0. The molecule has 1 heteroatoms. The number of hydrogen-bond donors (Lipinski definition) is 0. The SMILES string of the molecule is CCCC[CH]c1cccc(OC)c1CC(C)C. The van der Waals surface area contributed by atoms with Crippen LogP contribution in [0, 0.1) is 12.3 Å². The zero-order valence-electron chi connectivity index (χ0n) is 11.6. The number of rotatable bonds is 7. The standard InChI is InChI=1S/C16H25O/c1-5-6-7-9-14-10-8-11-16(17-4)15(14)12-13(2)3/h8-11,13H,5-7,12H2,1-4H3. The summed E-state index contributed by atoms with van der Waals surface area (Å²) in [5.74, 6) is 1.69. The molecule has 1 nitrogen and oxygen atoms in total. The van der Waals surface area contributed by atoms with Gasteiger partial charge in [0, 0.05) is 0 Å². The van der Waals surface area contributed by atoms with E-state index in [2.05, 4.69) is 45.4 Å². The number of unbranched alkanes of at least 4 members (excludes halogenated alkanes) is 2. The summed E-state index contributed by atoms with van der Waals surface area (Å²) in [6.07, 6.45) is 7.11. The quantitative estimate of drug-likeness (QED) is 0.624. The largest absolute Gasteiger partial charge is 0.496 e. The predicted octanol–water partition coefficient (Wildman–Crippen LogP) is 4.64. The van der Waals surface area contributed by atoms with E-state index in [1.807, 2.05) is 0 Å². The fourth-order valence-corrected chi connectivity index (χ4v) is 2.05. The molecule has 0 heterocycles. The molecule has 1 radical (unpaired) electrons. The molecular formula is C16H25O. The highest BCUT2D eigenvalue weighted by atomic mass is 16.5. The van der Waals surface area contributed by atoms with Gasteiger partial charge in [-0.15, -0.1) is 0 Å². The van der Waals surface area contributed by atoms with Gasteiger partial charge in [0.05, 0.1) is 7.11 Å². The van der Waals surface area contributed by atoms with Crippen LogP contribution in [0.5, 0.6) is 5.75 Å². The van der Waals surface area contributed by atoms with E-state index in [1.165, 1.54) is 24.0 Å². The molecule has 1 aromatic carbocycles. The first kappa shape index (κ1) is 14.1. The number of benzene rings is 1. The Morgan fingerprint density at radius 3 is 2.65 bits per heavy atom. The van der Waals surface area contributed by atoms with E-state index >= 15 is 0 Å². The Kier molecular flexibility index (Phi) is 6.10. The maximum absolute atomic E-state index is 5.47. The Labute approximate surface area is 106 Å². The van der Waals surface area contributed by atoms with E-state index in [0.717, 1.165) is 18.6 Å². The molecule has 0 saturated carbocycles. The highest BCUT2D eigenvalue weighted by Crippen LogP contribution is 2.27. The van der Waals surface area contributed by atoms with Gasteiger partial charge >= 0.3 is 0 Å². The topological polar surface area (TPSA) is 9.23 Å².